The molecule has 1 aromatic rings. The zero-order valence-electron chi connectivity index (χ0n) is 8.38. The van der Waals surface area contributed by atoms with Crippen LogP contribution in [-0.2, 0) is 0 Å². The molecule has 1 heterocycles. The lowest BCUT2D eigenvalue weighted by atomic mass is 10.2. The first kappa shape index (κ1) is 11.3. The van der Waals surface area contributed by atoms with Gasteiger partial charge >= 0.3 is 0 Å². The summed E-state index contributed by atoms with van der Waals surface area (Å²) in [6.07, 6.45) is 1.27. The summed E-state index contributed by atoms with van der Waals surface area (Å²) in [5.41, 5.74) is 6.86. The lowest BCUT2D eigenvalue weighted by Crippen LogP contribution is -2.29. The van der Waals surface area contributed by atoms with Crippen LogP contribution in [0.5, 0.6) is 5.75 Å². The average molecular weight is 210 g/mol. The van der Waals surface area contributed by atoms with Gasteiger partial charge in [0.25, 0.3) is 0 Å². The van der Waals surface area contributed by atoms with Gasteiger partial charge < -0.3 is 21.0 Å². The molecule has 6 heteroatoms. The Morgan fingerprint density at radius 1 is 1.53 bits per heavy atom. The molecule has 0 radical (unpaired) electrons. The molecule has 0 bridgehead atoms. The SMILES string of the molecule is CN(N)/C(CO)=C(\N)c1ccc(O)cn1. The molecule has 15 heavy (non-hydrogen) atoms. The molecule has 0 aliphatic rings. The van der Waals surface area contributed by atoms with E-state index >= 15 is 0 Å². The number of aromatic hydroxyl groups is 1. The van der Waals surface area contributed by atoms with Crippen LogP contribution in [0.15, 0.2) is 24.0 Å². The fourth-order valence-electron chi connectivity index (χ4n) is 1.08. The molecule has 0 saturated carbocycles. The van der Waals surface area contributed by atoms with Gasteiger partial charge in [-0.3, -0.25) is 4.98 Å². The van der Waals surface area contributed by atoms with Crippen molar-refractivity contribution in [3.05, 3.63) is 29.7 Å². The van der Waals surface area contributed by atoms with Gasteiger partial charge in [-0.2, -0.15) is 0 Å². The Balaban J connectivity index is 3.10. The number of nitrogens with zero attached hydrogens (tertiary/aromatic N) is 2. The normalized spacial score (nSPS) is 12.2. The Labute approximate surface area is 87.4 Å². The van der Waals surface area contributed by atoms with Crippen LogP contribution >= 0.6 is 0 Å². The minimum Gasteiger partial charge on any atom is -0.506 e. The van der Waals surface area contributed by atoms with E-state index in [1.54, 1.807) is 13.1 Å². The van der Waals surface area contributed by atoms with Crippen molar-refractivity contribution in [1.29, 1.82) is 0 Å². The highest BCUT2D eigenvalue weighted by Crippen LogP contribution is 2.14. The maximum Gasteiger partial charge on any atom is 0.133 e. The Kier molecular flexibility index (Phi) is 3.48. The van der Waals surface area contributed by atoms with Gasteiger partial charge in [-0.1, -0.05) is 0 Å². The average Bonchev–Trinajstić information content (AvgIpc) is 2.19. The van der Waals surface area contributed by atoms with Crippen LogP contribution in [0, 0.1) is 0 Å². The predicted molar refractivity (Wildman–Crippen MR) is 56.0 cm³/mol. The van der Waals surface area contributed by atoms with Gasteiger partial charge in [-0.05, 0) is 12.1 Å². The summed E-state index contributed by atoms with van der Waals surface area (Å²) >= 11 is 0. The van der Waals surface area contributed by atoms with E-state index in [9.17, 15) is 0 Å². The fraction of sp³-hybridized carbons (Fsp3) is 0.222. The number of hydrogen-bond acceptors (Lipinski definition) is 6. The van der Waals surface area contributed by atoms with Crippen LogP contribution in [0.4, 0.5) is 0 Å². The van der Waals surface area contributed by atoms with E-state index in [-0.39, 0.29) is 18.1 Å². The summed E-state index contributed by atoms with van der Waals surface area (Å²) in [6.45, 7) is -0.276. The first-order valence-electron chi connectivity index (χ1n) is 4.29. The first-order valence-corrected chi connectivity index (χ1v) is 4.29. The highest BCUT2D eigenvalue weighted by atomic mass is 16.3. The zero-order chi connectivity index (χ0) is 11.4. The number of nitrogens with two attached hydrogens (primary N) is 2. The van der Waals surface area contributed by atoms with Crippen molar-refractivity contribution >= 4 is 5.70 Å². The monoisotopic (exact) mass is 210 g/mol. The van der Waals surface area contributed by atoms with Crippen LogP contribution in [0.1, 0.15) is 5.69 Å². The minimum atomic E-state index is -0.276. The van der Waals surface area contributed by atoms with Crippen molar-refractivity contribution in [3.63, 3.8) is 0 Å². The third kappa shape index (κ3) is 2.58. The second kappa shape index (κ2) is 4.63. The van der Waals surface area contributed by atoms with Crippen LogP contribution < -0.4 is 11.6 Å². The van der Waals surface area contributed by atoms with Gasteiger partial charge in [-0.25, -0.2) is 5.84 Å². The van der Waals surface area contributed by atoms with Crippen molar-refractivity contribution in [2.75, 3.05) is 13.7 Å². The lowest BCUT2D eigenvalue weighted by Gasteiger charge is -2.17. The fourth-order valence-corrected chi connectivity index (χ4v) is 1.08. The molecular weight excluding hydrogens is 196 g/mol. The number of hydrogen-bond donors (Lipinski definition) is 4. The molecule has 1 rings (SSSR count). The molecule has 0 spiro atoms. The second-order valence-corrected chi connectivity index (χ2v) is 3.03. The molecule has 0 unspecified atom stereocenters. The van der Waals surface area contributed by atoms with E-state index in [1.165, 1.54) is 17.3 Å². The largest absolute Gasteiger partial charge is 0.506 e. The number of hydrazine groups is 1. The number of aromatic nitrogens is 1. The standard InChI is InChI=1S/C9H14N4O2/c1-13(11)8(5-14)9(10)7-3-2-6(15)4-12-7/h2-4,14-15H,5,10-11H2,1H3/b9-8-. The smallest absolute Gasteiger partial charge is 0.133 e. The molecule has 0 aliphatic heterocycles. The number of likely N-dealkylation sites (N-methyl/N-ethyl adjacent to an activating group) is 1. The van der Waals surface area contributed by atoms with E-state index in [4.69, 9.17) is 21.8 Å². The van der Waals surface area contributed by atoms with E-state index in [1.807, 2.05) is 0 Å². The molecule has 1 aromatic heterocycles. The van der Waals surface area contributed by atoms with Gasteiger partial charge in [-0.15, -0.1) is 0 Å². The van der Waals surface area contributed by atoms with E-state index in [0.717, 1.165) is 0 Å². The number of rotatable bonds is 3. The maximum absolute atomic E-state index is 9.05. The number of aliphatic hydroxyl groups excluding tert-OH is 1. The van der Waals surface area contributed by atoms with Crippen LogP contribution in [0.2, 0.25) is 0 Å². The van der Waals surface area contributed by atoms with E-state index in [2.05, 4.69) is 4.98 Å². The molecule has 0 amide bonds. The van der Waals surface area contributed by atoms with Crippen molar-refractivity contribution in [3.8, 4) is 5.75 Å². The zero-order valence-corrected chi connectivity index (χ0v) is 8.38. The molecule has 0 aliphatic carbocycles. The van der Waals surface area contributed by atoms with Crippen LogP contribution in [-0.4, -0.2) is 33.9 Å². The van der Waals surface area contributed by atoms with Gasteiger partial charge in [0.05, 0.1) is 29.9 Å². The molecular formula is C9H14N4O2. The number of pyridine rings is 1. The van der Waals surface area contributed by atoms with Crippen molar-refractivity contribution in [1.82, 2.24) is 9.99 Å². The van der Waals surface area contributed by atoms with Gasteiger partial charge in [0, 0.05) is 7.05 Å². The highest BCUT2D eigenvalue weighted by molar-refractivity contribution is 5.62. The summed E-state index contributed by atoms with van der Waals surface area (Å²) in [4.78, 5) is 3.90. The van der Waals surface area contributed by atoms with Crippen molar-refractivity contribution in [2.24, 2.45) is 11.6 Å². The molecule has 6 N–H and O–H groups in total. The Hall–Kier alpha value is -1.79. The Morgan fingerprint density at radius 3 is 2.60 bits per heavy atom. The second-order valence-electron chi connectivity index (χ2n) is 3.03. The topological polar surface area (TPSA) is 109 Å². The third-order valence-electron chi connectivity index (χ3n) is 1.91. The molecule has 6 nitrogen and oxygen atoms in total. The Morgan fingerprint density at radius 2 is 2.20 bits per heavy atom. The predicted octanol–water partition coefficient (Wildman–Crippen LogP) is -0.788. The minimum absolute atomic E-state index is 0.0539. The Bertz CT molecular complexity index is 359. The van der Waals surface area contributed by atoms with E-state index in [0.29, 0.717) is 11.4 Å². The van der Waals surface area contributed by atoms with Crippen LogP contribution in [0.25, 0.3) is 5.70 Å². The van der Waals surface area contributed by atoms with Gasteiger partial charge in [0.15, 0.2) is 0 Å². The van der Waals surface area contributed by atoms with Crippen molar-refractivity contribution < 1.29 is 10.2 Å². The summed E-state index contributed by atoms with van der Waals surface area (Å²) < 4.78 is 0. The third-order valence-corrected chi connectivity index (χ3v) is 1.91. The molecule has 0 aromatic carbocycles. The highest BCUT2D eigenvalue weighted by Gasteiger charge is 2.08. The van der Waals surface area contributed by atoms with Gasteiger partial charge in [0.1, 0.15) is 5.75 Å². The molecule has 82 valence electrons. The van der Waals surface area contributed by atoms with Crippen LogP contribution in [0.3, 0.4) is 0 Å². The first-order chi connectivity index (χ1) is 7.06. The van der Waals surface area contributed by atoms with Crippen molar-refractivity contribution in [2.45, 2.75) is 0 Å². The summed E-state index contributed by atoms with van der Waals surface area (Å²) in [5.74, 6) is 5.53. The number of aliphatic hydroxyl groups is 1. The maximum atomic E-state index is 9.05. The van der Waals surface area contributed by atoms with E-state index < -0.39 is 0 Å². The summed E-state index contributed by atoms with van der Waals surface area (Å²) in [7, 11) is 1.57. The summed E-state index contributed by atoms with van der Waals surface area (Å²) in [6, 6.07) is 3.00. The summed E-state index contributed by atoms with van der Waals surface area (Å²) in [5, 5.41) is 19.3. The van der Waals surface area contributed by atoms with Gasteiger partial charge in [0.2, 0.25) is 0 Å². The molecule has 0 fully saturated rings. The molecule has 0 atom stereocenters. The molecule has 0 saturated heterocycles. The quantitative estimate of drug-likeness (QED) is 0.384. The lowest BCUT2D eigenvalue weighted by molar-refractivity contribution is 0.278.